The number of nitrogens with zero attached hydrogens (tertiary/aromatic N) is 3. The van der Waals surface area contributed by atoms with Gasteiger partial charge in [-0.25, -0.2) is 13.6 Å². The quantitative estimate of drug-likeness (QED) is 0.663. The minimum absolute atomic E-state index is 0.0861. The maximum Gasteiger partial charge on any atom is 0.390 e. The summed E-state index contributed by atoms with van der Waals surface area (Å²) in [5.41, 5.74) is -4.00. The van der Waals surface area contributed by atoms with E-state index in [1.54, 1.807) is 6.92 Å². The summed E-state index contributed by atoms with van der Waals surface area (Å²) >= 11 is 0.427. The Balaban J connectivity index is 2.21. The van der Waals surface area contributed by atoms with Gasteiger partial charge in [0, 0.05) is 26.2 Å². The summed E-state index contributed by atoms with van der Waals surface area (Å²) in [5.74, 6) is -0.811. The van der Waals surface area contributed by atoms with E-state index in [4.69, 9.17) is 0 Å². The molecule has 0 bridgehead atoms. The van der Waals surface area contributed by atoms with Crippen LogP contribution in [0.4, 0.5) is 22.0 Å². The van der Waals surface area contributed by atoms with E-state index in [0.29, 0.717) is 20.5 Å². The number of piperidine rings is 1. The zero-order chi connectivity index (χ0) is 24.0. The number of alkyl halides is 5. The number of thiophene rings is 1. The molecular formula is C19H22F5N3O4S. The van der Waals surface area contributed by atoms with Crippen molar-refractivity contribution >= 4 is 27.5 Å². The number of rotatable bonds is 5. The zero-order valence-electron chi connectivity index (χ0n) is 17.3. The standard InChI is InChI=1S/C19H22F5N3O4S/c1-3-26-14(28)11-10(13(20)21)12(15(29)25-7-4-18(2,31)5-8-25)32-16(11)27(17(26)30)9-6-19(22,23)24/h13,31H,3-9H2,1-2H3. The third-order valence-electron chi connectivity index (χ3n) is 5.57. The van der Waals surface area contributed by atoms with Crippen LogP contribution >= 0.6 is 11.3 Å². The maximum absolute atomic E-state index is 14.0. The monoisotopic (exact) mass is 483 g/mol. The Morgan fingerprint density at radius 1 is 1.19 bits per heavy atom. The number of hydrogen-bond acceptors (Lipinski definition) is 5. The van der Waals surface area contributed by atoms with Crippen LogP contribution in [0.5, 0.6) is 0 Å². The summed E-state index contributed by atoms with van der Waals surface area (Å²) in [6.07, 6.45) is -8.86. The molecule has 2 aromatic heterocycles. The first kappa shape index (κ1) is 24.4. The summed E-state index contributed by atoms with van der Waals surface area (Å²) in [6.45, 7) is 2.05. The largest absolute Gasteiger partial charge is 0.390 e. The second kappa shape index (κ2) is 8.58. The third kappa shape index (κ3) is 4.58. The van der Waals surface area contributed by atoms with Crippen LogP contribution in [0.3, 0.4) is 0 Å². The van der Waals surface area contributed by atoms with Crippen LogP contribution in [0.1, 0.15) is 54.8 Å². The van der Waals surface area contributed by atoms with Crippen molar-refractivity contribution in [2.45, 2.75) is 64.4 Å². The first-order valence-electron chi connectivity index (χ1n) is 9.94. The summed E-state index contributed by atoms with van der Waals surface area (Å²) in [6, 6.07) is 0. The van der Waals surface area contributed by atoms with E-state index in [2.05, 4.69) is 0 Å². The van der Waals surface area contributed by atoms with E-state index >= 15 is 0 Å². The molecule has 0 aromatic carbocycles. The number of aromatic nitrogens is 2. The van der Waals surface area contributed by atoms with Crippen molar-refractivity contribution in [2.75, 3.05) is 13.1 Å². The van der Waals surface area contributed by atoms with Crippen molar-refractivity contribution in [3.63, 3.8) is 0 Å². The first-order valence-corrected chi connectivity index (χ1v) is 10.8. The van der Waals surface area contributed by atoms with Crippen LogP contribution < -0.4 is 11.2 Å². The van der Waals surface area contributed by atoms with Crippen molar-refractivity contribution in [2.24, 2.45) is 0 Å². The van der Waals surface area contributed by atoms with E-state index in [9.17, 15) is 41.4 Å². The average molecular weight is 483 g/mol. The predicted octanol–water partition coefficient (Wildman–Crippen LogP) is 3.12. The lowest BCUT2D eigenvalue weighted by Gasteiger charge is -2.35. The van der Waals surface area contributed by atoms with Crippen molar-refractivity contribution in [3.8, 4) is 0 Å². The van der Waals surface area contributed by atoms with Gasteiger partial charge in [0.15, 0.2) is 0 Å². The lowest BCUT2D eigenvalue weighted by molar-refractivity contribution is -0.136. The number of fused-ring (bicyclic) bond motifs is 1. The molecule has 13 heteroatoms. The third-order valence-corrected chi connectivity index (χ3v) is 6.78. The molecule has 0 spiro atoms. The molecule has 1 amide bonds. The highest BCUT2D eigenvalue weighted by Crippen LogP contribution is 2.37. The van der Waals surface area contributed by atoms with Gasteiger partial charge in [0.2, 0.25) is 0 Å². The number of hydrogen-bond donors (Lipinski definition) is 1. The van der Waals surface area contributed by atoms with Crippen LogP contribution in [0, 0.1) is 0 Å². The number of likely N-dealkylation sites (tertiary alicyclic amines) is 1. The Bertz CT molecular complexity index is 1140. The Hall–Kier alpha value is -2.28. The highest BCUT2D eigenvalue weighted by atomic mass is 32.1. The smallest absolute Gasteiger partial charge is 0.390 e. The molecule has 3 rings (SSSR count). The average Bonchev–Trinajstić information content (AvgIpc) is 3.08. The van der Waals surface area contributed by atoms with Gasteiger partial charge in [-0.2, -0.15) is 13.2 Å². The van der Waals surface area contributed by atoms with E-state index in [0.717, 1.165) is 0 Å². The Kier molecular flexibility index (Phi) is 6.53. The molecule has 0 aliphatic carbocycles. The fourth-order valence-corrected chi connectivity index (χ4v) is 4.99. The summed E-state index contributed by atoms with van der Waals surface area (Å²) < 4.78 is 67.7. The van der Waals surface area contributed by atoms with Crippen molar-refractivity contribution < 1.29 is 31.9 Å². The topological polar surface area (TPSA) is 84.5 Å². The molecular weight excluding hydrogens is 461 g/mol. The van der Waals surface area contributed by atoms with E-state index < -0.39 is 64.2 Å². The number of amides is 1. The highest BCUT2D eigenvalue weighted by Gasteiger charge is 2.36. The van der Waals surface area contributed by atoms with Crippen LogP contribution in [-0.2, 0) is 13.1 Å². The molecule has 1 N–H and O–H groups in total. The zero-order valence-corrected chi connectivity index (χ0v) is 18.2. The van der Waals surface area contributed by atoms with Crippen LogP contribution in [-0.4, -0.2) is 49.9 Å². The number of aliphatic hydroxyl groups is 1. The van der Waals surface area contributed by atoms with Gasteiger partial charge in [0.1, 0.15) is 9.71 Å². The van der Waals surface area contributed by atoms with Gasteiger partial charge < -0.3 is 10.0 Å². The second-order valence-electron chi connectivity index (χ2n) is 7.96. The van der Waals surface area contributed by atoms with Crippen LogP contribution in [0.15, 0.2) is 9.59 Å². The minimum atomic E-state index is -4.62. The SMILES string of the molecule is CCn1c(=O)c2c(C(F)F)c(C(=O)N3CCC(C)(O)CC3)sc2n(CCC(F)(F)F)c1=O. The lowest BCUT2D eigenvalue weighted by Crippen LogP contribution is -2.45. The molecule has 1 aliphatic rings. The van der Waals surface area contributed by atoms with Gasteiger partial charge in [-0.1, -0.05) is 0 Å². The summed E-state index contributed by atoms with van der Waals surface area (Å²) in [4.78, 5) is 38.9. The molecule has 178 valence electrons. The van der Waals surface area contributed by atoms with Crippen LogP contribution in [0.25, 0.3) is 10.2 Å². The van der Waals surface area contributed by atoms with Crippen LogP contribution in [0.2, 0.25) is 0 Å². The lowest BCUT2D eigenvalue weighted by atomic mass is 9.93. The Morgan fingerprint density at radius 2 is 1.78 bits per heavy atom. The number of aryl methyl sites for hydroxylation is 1. The fraction of sp³-hybridized carbons (Fsp3) is 0.632. The van der Waals surface area contributed by atoms with Gasteiger partial charge in [0.25, 0.3) is 17.9 Å². The molecule has 0 saturated carbocycles. The molecule has 2 aromatic rings. The van der Waals surface area contributed by atoms with E-state index in [1.165, 1.54) is 11.8 Å². The molecule has 7 nitrogen and oxygen atoms in total. The molecule has 0 atom stereocenters. The van der Waals surface area contributed by atoms with Gasteiger partial charge in [-0.15, -0.1) is 11.3 Å². The molecule has 1 fully saturated rings. The van der Waals surface area contributed by atoms with Crippen molar-refractivity contribution in [1.29, 1.82) is 0 Å². The van der Waals surface area contributed by atoms with Crippen molar-refractivity contribution in [3.05, 3.63) is 31.3 Å². The number of halogens is 5. The van der Waals surface area contributed by atoms with E-state index in [1.807, 2.05) is 0 Å². The molecule has 1 saturated heterocycles. The number of carbonyl (C=O) groups excluding carboxylic acids is 1. The minimum Gasteiger partial charge on any atom is -0.390 e. The Morgan fingerprint density at radius 3 is 2.28 bits per heavy atom. The van der Waals surface area contributed by atoms with Gasteiger partial charge >= 0.3 is 11.9 Å². The van der Waals surface area contributed by atoms with Crippen molar-refractivity contribution in [1.82, 2.24) is 14.0 Å². The maximum atomic E-state index is 14.0. The van der Waals surface area contributed by atoms with Gasteiger partial charge in [0.05, 0.1) is 23.0 Å². The van der Waals surface area contributed by atoms with E-state index in [-0.39, 0.29) is 37.3 Å². The molecule has 0 unspecified atom stereocenters. The highest BCUT2D eigenvalue weighted by molar-refractivity contribution is 7.20. The van der Waals surface area contributed by atoms with Gasteiger partial charge in [-0.3, -0.25) is 18.7 Å². The number of carbonyl (C=O) groups is 1. The first-order chi connectivity index (χ1) is 14.8. The van der Waals surface area contributed by atoms with Gasteiger partial charge in [-0.05, 0) is 26.7 Å². The summed E-state index contributed by atoms with van der Waals surface area (Å²) in [5, 5.41) is 9.45. The molecule has 0 radical (unpaired) electrons. The second-order valence-corrected chi connectivity index (χ2v) is 8.96. The normalized spacial score (nSPS) is 16.8. The predicted molar refractivity (Wildman–Crippen MR) is 107 cm³/mol. The Labute approximate surface area is 182 Å². The summed E-state index contributed by atoms with van der Waals surface area (Å²) in [7, 11) is 0. The molecule has 3 heterocycles. The molecule has 32 heavy (non-hydrogen) atoms. The molecule has 1 aliphatic heterocycles. The fourth-order valence-electron chi connectivity index (χ4n) is 3.70.